The summed E-state index contributed by atoms with van der Waals surface area (Å²) in [7, 11) is 0. The molecule has 1 fully saturated rings. The maximum atomic E-state index is 4.48. The van der Waals surface area contributed by atoms with Crippen molar-refractivity contribution in [1.82, 2.24) is 15.2 Å². The molecule has 1 N–H and O–H groups in total. The first-order valence-corrected chi connectivity index (χ1v) is 8.89. The summed E-state index contributed by atoms with van der Waals surface area (Å²) in [6, 6.07) is 0.469. The lowest BCUT2D eigenvalue weighted by atomic mass is 9.89. The molecule has 1 aromatic rings. The van der Waals surface area contributed by atoms with Gasteiger partial charge in [-0.05, 0) is 46.3 Å². The SMILES string of the molecule is CCNC(Cc1nccs1)C(C)(C)N1CCCCCC1. The Labute approximate surface area is 127 Å². The van der Waals surface area contributed by atoms with Gasteiger partial charge in [0, 0.05) is 29.6 Å². The normalized spacial score (nSPS) is 19.8. The van der Waals surface area contributed by atoms with Crippen LogP contribution in [0.15, 0.2) is 11.6 Å². The van der Waals surface area contributed by atoms with Crippen molar-refractivity contribution in [3.63, 3.8) is 0 Å². The van der Waals surface area contributed by atoms with E-state index in [2.05, 4.69) is 41.4 Å². The van der Waals surface area contributed by atoms with E-state index in [9.17, 15) is 0 Å². The summed E-state index contributed by atoms with van der Waals surface area (Å²) in [4.78, 5) is 7.17. The molecular formula is C16H29N3S. The van der Waals surface area contributed by atoms with E-state index in [1.807, 2.05) is 6.20 Å². The Morgan fingerprint density at radius 2 is 2.00 bits per heavy atom. The van der Waals surface area contributed by atoms with Crippen LogP contribution in [0, 0.1) is 0 Å². The van der Waals surface area contributed by atoms with Crippen LogP contribution in [0.2, 0.25) is 0 Å². The third-order valence-electron chi connectivity index (χ3n) is 4.59. The van der Waals surface area contributed by atoms with E-state index in [4.69, 9.17) is 0 Å². The number of likely N-dealkylation sites (N-methyl/N-ethyl adjacent to an activating group) is 1. The van der Waals surface area contributed by atoms with E-state index >= 15 is 0 Å². The fourth-order valence-electron chi connectivity index (χ4n) is 3.21. The van der Waals surface area contributed by atoms with Crippen molar-refractivity contribution in [2.45, 2.75) is 64.5 Å². The largest absolute Gasteiger partial charge is 0.312 e. The molecule has 0 spiro atoms. The van der Waals surface area contributed by atoms with Crippen molar-refractivity contribution in [2.75, 3.05) is 19.6 Å². The molecule has 0 saturated carbocycles. The summed E-state index contributed by atoms with van der Waals surface area (Å²) in [6.45, 7) is 10.5. The van der Waals surface area contributed by atoms with Crippen LogP contribution in [0.1, 0.15) is 51.5 Å². The molecule has 2 heterocycles. The van der Waals surface area contributed by atoms with Crippen LogP contribution in [-0.4, -0.2) is 41.1 Å². The first-order chi connectivity index (χ1) is 9.64. The smallest absolute Gasteiger partial charge is 0.0941 e. The number of hydrogen-bond donors (Lipinski definition) is 1. The third kappa shape index (κ3) is 4.03. The van der Waals surface area contributed by atoms with Gasteiger partial charge >= 0.3 is 0 Å². The van der Waals surface area contributed by atoms with Gasteiger partial charge in [0.25, 0.3) is 0 Å². The zero-order chi connectivity index (χ0) is 14.4. The zero-order valence-corrected chi connectivity index (χ0v) is 14.0. The Hall–Kier alpha value is -0.450. The third-order valence-corrected chi connectivity index (χ3v) is 5.39. The average molecular weight is 295 g/mol. The number of nitrogens with one attached hydrogen (secondary N) is 1. The molecule has 0 radical (unpaired) electrons. The molecule has 114 valence electrons. The second-order valence-electron chi connectivity index (χ2n) is 6.30. The molecular weight excluding hydrogens is 266 g/mol. The molecule has 1 atom stereocenters. The first-order valence-electron chi connectivity index (χ1n) is 8.01. The van der Waals surface area contributed by atoms with Crippen molar-refractivity contribution in [3.05, 3.63) is 16.6 Å². The molecule has 4 heteroatoms. The van der Waals surface area contributed by atoms with Crippen molar-refractivity contribution < 1.29 is 0 Å². The highest BCUT2D eigenvalue weighted by molar-refractivity contribution is 7.09. The molecule has 1 aliphatic rings. The molecule has 0 bridgehead atoms. The van der Waals surface area contributed by atoms with E-state index in [1.165, 1.54) is 43.8 Å². The minimum absolute atomic E-state index is 0.187. The lowest BCUT2D eigenvalue weighted by molar-refractivity contribution is 0.0840. The molecule has 20 heavy (non-hydrogen) atoms. The van der Waals surface area contributed by atoms with Crippen LogP contribution in [0.5, 0.6) is 0 Å². The van der Waals surface area contributed by atoms with Gasteiger partial charge in [0.1, 0.15) is 0 Å². The van der Waals surface area contributed by atoms with Crippen LogP contribution in [0.4, 0.5) is 0 Å². The maximum Gasteiger partial charge on any atom is 0.0941 e. The Morgan fingerprint density at radius 3 is 2.55 bits per heavy atom. The Bertz CT molecular complexity index is 367. The number of aromatic nitrogens is 1. The maximum absolute atomic E-state index is 4.48. The van der Waals surface area contributed by atoms with Gasteiger partial charge in [0.05, 0.1) is 5.01 Å². The van der Waals surface area contributed by atoms with E-state index < -0.39 is 0 Å². The highest BCUT2D eigenvalue weighted by Gasteiger charge is 2.35. The van der Waals surface area contributed by atoms with Gasteiger partial charge in [-0.2, -0.15) is 0 Å². The first kappa shape index (κ1) is 15.9. The van der Waals surface area contributed by atoms with Crippen molar-refractivity contribution >= 4 is 11.3 Å². The number of rotatable bonds is 6. The lowest BCUT2D eigenvalue weighted by Gasteiger charge is -2.44. The second kappa shape index (κ2) is 7.53. The monoisotopic (exact) mass is 295 g/mol. The predicted molar refractivity (Wildman–Crippen MR) is 87.4 cm³/mol. The molecule has 0 aliphatic carbocycles. The Morgan fingerprint density at radius 1 is 1.30 bits per heavy atom. The minimum atomic E-state index is 0.187. The van der Waals surface area contributed by atoms with Gasteiger partial charge in [-0.25, -0.2) is 4.98 Å². The topological polar surface area (TPSA) is 28.2 Å². The summed E-state index contributed by atoms with van der Waals surface area (Å²) < 4.78 is 0. The van der Waals surface area contributed by atoms with Crippen molar-refractivity contribution in [2.24, 2.45) is 0 Å². The summed E-state index contributed by atoms with van der Waals surface area (Å²) in [5.74, 6) is 0. The number of likely N-dealkylation sites (tertiary alicyclic amines) is 1. The molecule has 3 nitrogen and oxygen atoms in total. The average Bonchev–Trinajstić information content (AvgIpc) is 2.77. The molecule has 0 aromatic carbocycles. The van der Waals surface area contributed by atoms with Crippen LogP contribution in [0.3, 0.4) is 0 Å². The molecule has 0 amide bonds. The van der Waals surface area contributed by atoms with Gasteiger partial charge in [-0.15, -0.1) is 11.3 Å². The number of thiazole rings is 1. The van der Waals surface area contributed by atoms with Gasteiger partial charge in [0.2, 0.25) is 0 Å². The Balaban J connectivity index is 2.08. The van der Waals surface area contributed by atoms with E-state index in [0.717, 1.165) is 13.0 Å². The van der Waals surface area contributed by atoms with Crippen LogP contribution in [0.25, 0.3) is 0 Å². The number of nitrogens with zero attached hydrogens (tertiary/aromatic N) is 2. The van der Waals surface area contributed by atoms with E-state index in [1.54, 1.807) is 11.3 Å². The van der Waals surface area contributed by atoms with Crippen LogP contribution >= 0.6 is 11.3 Å². The number of hydrogen-bond acceptors (Lipinski definition) is 4. The summed E-state index contributed by atoms with van der Waals surface area (Å²) >= 11 is 1.77. The van der Waals surface area contributed by atoms with Crippen molar-refractivity contribution in [1.29, 1.82) is 0 Å². The van der Waals surface area contributed by atoms with Crippen LogP contribution < -0.4 is 5.32 Å². The molecule has 2 rings (SSSR count). The van der Waals surface area contributed by atoms with Gasteiger partial charge in [-0.3, -0.25) is 4.90 Å². The van der Waals surface area contributed by atoms with E-state index in [0.29, 0.717) is 6.04 Å². The lowest BCUT2D eigenvalue weighted by Crippen LogP contribution is -2.58. The van der Waals surface area contributed by atoms with Gasteiger partial charge < -0.3 is 5.32 Å². The fraction of sp³-hybridized carbons (Fsp3) is 0.812. The van der Waals surface area contributed by atoms with Gasteiger partial charge in [-0.1, -0.05) is 19.8 Å². The summed E-state index contributed by atoms with van der Waals surface area (Å²) in [5.41, 5.74) is 0.187. The highest BCUT2D eigenvalue weighted by atomic mass is 32.1. The molecule has 1 saturated heterocycles. The summed E-state index contributed by atoms with van der Waals surface area (Å²) in [5, 5.41) is 7.03. The molecule has 1 aromatic heterocycles. The Kier molecular flexibility index (Phi) is 6.00. The highest BCUT2D eigenvalue weighted by Crippen LogP contribution is 2.26. The fourth-order valence-corrected chi connectivity index (χ4v) is 3.88. The standard InChI is InChI=1S/C16H29N3S/c1-4-17-14(13-15-18-9-12-20-15)16(2,3)19-10-7-5-6-8-11-19/h9,12,14,17H,4-8,10-11,13H2,1-3H3. The van der Waals surface area contributed by atoms with Crippen molar-refractivity contribution in [3.8, 4) is 0 Å². The van der Waals surface area contributed by atoms with E-state index in [-0.39, 0.29) is 5.54 Å². The minimum Gasteiger partial charge on any atom is -0.312 e. The predicted octanol–water partition coefficient (Wildman–Crippen LogP) is 3.32. The van der Waals surface area contributed by atoms with Gasteiger partial charge in [0.15, 0.2) is 0 Å². The quantitative estimate of drug-likeness (QED) is 0.872. The zero-order valence-electron chi connectivity index (χ0n) is 13.2. The molecule has 1 unspecified atom stereocenters. The molecule has 1 aliphatic heterocycles. The second-order valence-corrected chi connectivity index (χ2v) is 7.27. The van der Waals surface area contributed by atoms with Crippen LogP contribution in [-0.2, 0) is 6.42 Å². The summed E-state index contributed by atoms with van der Waals surface area (Å²) in [6.07, 6.45) is 8.44.